The summed E-state index contributed by atoms with van der Waals surface area (Å²) >= 11 is 0. The number of anilines is 1. The molecule has 0 amide bonds. The van der Waals surface area contributed by atoms with Crippen LogP contribution in [0.3, 0.4) is 0 Å². The fraction of sp³-hybridized carbons (Fsp3) is 0.600. The van der Waals surface area contributed by atoms with Crippen molar-refractivity contribution in [1.82, 2.24) is 4.98 Å². The predicted molar refractivity (Wildman–Crippen MR) is 59.3 cm³/mol. The van der Waals surface area contributed by atoms with Crippen molar-refractivity contribution in [2.24, 2.45) is 0 Å². The zero-order valence-corrected chi connectivity index (χ0v) is 9.78. The molecule has 0 spiro atoms. The molecule has 0 unspecified atom stereocenters. The van der Waals surface area contributed by atoms with E-state index < -0.39 is 36.3 Å². The summed E-state index contributed by atoms with van der Waals surface area (Å²) in [6.07, 6.45) is -2.00. The van der Waals surface area contributed by atoms with Crippen LogP contribution in [0.15, 0.2) is 17.1 Å². The van der Waals surface area contributed by atoms with Gasteiger partial charge in [0.05, 0.1) is 6.61 Å². The van der Waals surface area contributed by atoms with Gasteiger partial charge in [-0.15, -0.1) is 0 Å². The smallest absolute Gasteiger partial charge is 0.394 e. The highest BCUT2D eigenvalue weighted by atomic mass is 16.6. The molecule has 2 heterocycles. The van der Waals surface area contributed by atoms with Crippen LogP contribution in [-0.4, -0.2) is 44.7 Å². The second-order valence-corrected chi connectivity index (χ2v) is 4.49. The van der Waals surface area contributed by atoms with Crippen LogP contribution in [-0.2, 0) is 4.74 Å². The molecular formula is C10H16N3O5+. The van der Waals surface area contributed by atoms with Gasteiger partial charge in [-0.3, -0.25) is 0 Å². The summed E-state index contributed by atoms with van der Waals surface area (Å²) in [4.78, 5) is 14.1. The number of aromatic nitrogens is 2. The molecule has 1 aliphatic rings. The molecule has 6 N–H and O–H groups in total. The monoisotopic (exact) mass is 258 g/mol. The van der Waals surface area contributed by atoms with E-state index in [1.165, 1.54) is 19.2 Å². The van der Waals surface area contributed by atoms with Crippen LogP contribution in [0.5, 0.6) is 0 Å². The molecule has 0 aliphatic carbocycles. The van der Waals surface area contributed by atoms with Crippen LogP contribution < -0.4 is 16.0 Å². The van der Waals surface area contributed by atoms with E-state index in [4.69, 9.17) is 15.6 Å². The number of aliphatic hydroxyl groups excluding tert-OH is 2. The lowest BCUT2D eigenvalue weighted by Gasteiger charge is -2.23. The third kappa shape index (κ3) is 1.89. The van der Waals surface area contributed by atoms with Crippen LogP contribution in [0, 0.1) is 0 Å². The van der Waals surface area contributed by atoms with E-state index in [2.05, 4.69) is 4.98 Å². The first-order valence-corrected chi connectivity index (χ1v) is 5.44. The van der Waals surface area contributed by atoms with Crippen molar-refractivity contribution in [3.63, 3.8) is 0 Å². The van der Waals surface area contributed by atoms with Gasteiger partial charge >= 0.3 is 5.69 Å². The van der Waals surface area contributed by atoms with Gasteiger partial charge in [-0.2, -0.15) is 14.3 Å². The minimum Gasteiger partial charge on any atom is -0.394 e. The van der Waals surface area contributed by atoms with Gasteiger partial charge in [-0.05, 0) is 6.92 Å². The first kappa shape index (κ1) is 13.0. The van der Waals surface area contributed by atoms with Gasteiger partial charge in [-0.1, -0.05) is 0 Å². The molecule has 100 valence electrons. The highest BCUT2D eigenvalue weighted by Gasteiger charge is 2.55. The summed E-state index contributed by atoms with van der Waals surface area (Å²) in [5.74, 6) is 0.174. The number of ether oxygens (including phenoxy) is 1. The number of rotatable bonds is 2. The summed E-state index contributed by atoms with van der Waals surface area (Å²) in [7, 11) is 0. The standard InChI is InChI=1S/C10H15N3O5/c1-10(17)7(15)5(4-14)18-8(10)13-3-2-6(11)12-9(13)16/h2-3,5,7-8,14-15,17H,4H2,1H3,(H2,11,12,16)/p+1/t5-,7-,8-,10+/m1/s1. The lowest BCUT2D eigenvalue weighted by molar-refractivity contribution is -0.786. The minimum absolute atomic E-state index is 0.174. The average Bonchev–Trinajstić information content (AvgIpc) is 2.52. The van der Waals surface area contributed by atoms with E-state index in [-0.39, 0.29) is 5.82 Å². The molecule has 1 aromatic heterocycles. The number of H-pyrrole nitrogens is 1. The molecule has 1 saturated heterocycles. The zero-order chi connectivity index (χ0) is 13.5. The van der Waals surface area contributed by atoms with Gasteiger partial charge in [0.15, 0.2) is 11.4 Å². The topological polar surface area (TPSA) is 133 Å². The summed E-state index contributed by atoms with van der Waals surface area (Å²) < 4.78 is 6.38. The van der Waals surface area contributed by atoms with E-state index >= 15 is 0 Å². The molecule has 0 saturated carbocycles. The van der Waals surface area contributed by atoms with Crippen molar-refractivity contribution < 1.29 is 24.6 Å². The van der Waals surface area contributed by atoms with E-state index in [9.17, 15) is 15.0 Å². The van der Waals surface area contributed by atoms with Crippen LogP contribution in [0.4, 0.5) is 5.82 Å². The van der Waals surface area contributed by atoms with Crippen molar-refractivity contribution in [2.75, 3.05) is 12.3 Å². The Balaban J connectivity index is 2.42. The Morgan fingerprint density at radius 1 is 1.67 bits per heavy atom. The van der Waals surface area contributed by atoms with Crippen molar-refractivity contribution in [2.45, 2.75) is 31.0 Å². The lowest BCUT2D eigenvalue weighted by atomic mass is 9.96. The Labute approximate surface area is 102 Å². The summed E-state index contributed by atoms with van der Waals surface area (Å²) in [5, 5.41) is 29.0. The van der Waals surface area contributed by atoms with E-state index in [0.29, 0.717) is 0 Å². The second kappa shape index (κ2) is 4.32. The fourth-order valence-electron chi connectivity index (χ4n) is 2.03. The maximum atomic E-state index is 11.7. The second-order valence-electron chi connectivity index (χ2n) is 4.49. The minimum atomic E-state index is -1.69. The Morgan fingerprint density at radius 3 is 2.83 bits per heavy atom. The van der Waals surface area contributed by atoms with Crippen LogP contribution in [0.25, 0.3) is 0 Å². The molecule has 2 rings (SSSR count). The Bertz CT molecular complexity index is 501. The molecule has 4 atom stereocenters. The molecule has 0 radical (unpaired) electrons. The van der Waals surface area contributed by atoms with Crippen LogP contribution >= 0.6 is 0 Å². The molecule has 8 nitrogen and oxygen atoms in total. The number of nitrogens with zero attached hydrogens (tertiary/aromatic N) is 1. The maximum absolute atomic E-state index is 11.7. The van der Waals surface area contributed by atoms with Crippen LogP contribution in [0.2, 0.25) is 0 Å². The molecule has 1 fully saturated rings. The fourth-order valence-corrected chi connectivity index (χ4v) is 2.03. The Kier molecular flexibility index (Phi) is 3.11. The highest BCUT2D eigenvalue weighted by Crippen LogP contribution is 2.34. The number of nitrogen functional groups attached to an aromatic ring is 1. The van der Waals surface area contributed by atoms with Gasteiger partial charge < -0.3 is 25.8 Å². The van der Waals surface area contributed by atoms with Gasteiger partial charge in [0.1, 0.15) is 18.4 Å². The number of nitrogens with two attached hydrogens (primary N) is 1. The highest BCUT2D eigenvalue weighted by molar-refractivity contribution is 5.21. The third-order valence-corrected chi connectivity index (χ3v) is 3.09. The molecule has 18 heavy (non-hydrogen) atoms. The van der Waals surface area contributed by atoms with Crippen molar-refractivity contribution in [3.8, 4) is 0 Å². The summed E-state index contributed by atoms with van der Waals surface area (Å²) in [5.41, 5.74) is 3.14. The van der Waals surface area contributed by atoms with Gasteiger partial charge in [0, 0.05) is 6.07 Å². The first-order chi connectivity index (χ1) is 8.37. The quantitative estimate of drug-likeness (QED) is 0.365. The molecule has 0 bridgehead atoms. The van der Waals surface area contributed by atoms with E-state index in [0.717, 1.165) is 4.57 Å². The predicted octanol–water partition coefficient (Wildman–Crippen LogP) is -2.75. The Hall–Kier alpha value is -1.48. The Morgan fingerprint density at radius 2 is 2.33 bits per heavy atom. The van der Waals surface area contributed by atoms with Crippen LogP contribution in [0.1, 0.15) is 13.2 Å². The number of hydrogen-bond acceptors (Lipinski definition) is 6. The van der Waals surface area contributed by atoms with Crippen molar-refractivity contribution in [1.29, 1.82) is 0 Å². The average molecular weight is 258 g/mol. The number of hydrogen-bond donors (Lipinski definition) is 5. The zero-order valence-electron chi connectivity index (χ0n) is 9.78. The maximum Gasteiger partial charge on any atom is 0.499 e. The molecular weight excluding hydrogens is 242 g/mol. The van der Waals surface area contributed by atoms with Gasteiger partial charge in [0.25, 0.3) is 0 Å². The lowest BCUT2D eigenvalue weighted by Crippen LogP contribution is -2.61. The normalized spacial score (nSPS) is 35.9. The summed E-state index contributed by atoms with van der Waals surface area (Å²) in [6, 6.07) is 1.43. The molecule has 1 aromatic rings. The van der Waals surface area contributed by atoms with Crippen molar-refractivity contribution >= 4 is 5.82 Å². The third-order valence-electron chi connectivity index (χ3n) is 3.09. The van der Waals surface area contributed by atoms with Gasteiger partial charge in [-0.25, -0.2) is 0 Å². The van der Waals surface area contributed by atoms with Crippen molar-refractivity contribution in [3.05, 3.63) is 22.7 Å². The molecule has 0 aromatic carbocycles. The number of nitrogens with one attached hydrogen (secondary N) is 1. The number of aromatic amines is 1. The largest absolute Gasteiger partial charge is 0.499 e. The number of aliphatic hydroxyl groups is 3. The van der Waals surface area contributed by atoms with E-state index in [1.54, 1.807) is 0 Å². The molecule has 8 heteroatoms. The molecule has 1 aliphatic heterocycles. The van der Waals surface area contributed by atoms with Gasteiger partial charge in [0.2, 0.25) is 6.23 Å². The van der Waals surface area contributed by atoms with E-state index in [1.807, 2.05) is 0 Å². The first-order valence-electron chi connectivity index (χ1n) is 5.44. The SMILES string of the molecule is C[C@]1(O)[C@H](O)[C@@H](CO)O[C@H]1[n+]1ccc(N)[nH]c1=O. The summed E-state index contributed by atoms with van der Waals surface area (Å²) in [6.45, 7) is 0.877.